The summed E-state index contributed by atoms with van der Waals surface area (Å²) in [5, 5.41) is 11.9. The highest BCUT2D eigenvalue weighted by Gasteiger charge is 2.22. The fourth-order valence-corrected chi connectivity index (χ4v) is 1.96. The smallest absolute Gasteiger partial charge is 0.332 e. The zero-order chi connectivity index (χ0) is 15.2. The first kappa shape index (κ1) is 14.5. The molecule has 0 radical (unpaired) electrons. The van der Waals surface area contributed by atoms with E-state index in [-0.39, 0.29) is 11.3 Å². The Balaban J connectivity index is 2.40. The van der Waals surface area contributed by atoms with Crippen LogP contribution >= 0.6 is 0 Å². The van der Waals surface area contributed by atoms with E-state index in [0.29, 0.717) is 5.56 Å². The molecule has 0 saturated carbocycles. The molecule has 0 bridgehead atoms. The van der Waals surface area contributed by atoms with Crippen LogP contribution in [0, 0.1) is 17.1 Å². The highest BCUT2D eigenvalue weighted by atomic mass is 19.1. The monoisotopic (exact) mass is 284 g/mol. The second kappa shape index (κ2) is 6.53. The van der Waals surface area contributed by atoms with Gasteiger partial charge in [-0.15, -0.1) is 0 Å². The van der Waals surface area contributed by atoms with E-state index in [1.54, 1.807) is 36.4 Å². The van der Waals surface area contributed by atoms with Gasteiger partial charge in [0.25, 0.3) is 0 Å². The molecule has 0 aliphatic rings. The third-order valence-corrected chi connectivity index (χ3v) is 3.00. The molecular weight excluding hydrogens is 271 g/mol. The maximum absolute atomic E-state index is 13.6. The second-order valence-corrected chi connectivity index (χ2v) is 4.29. The van der Waals surface area contributed by atoms with Gasteiger partial charge in [-0.2, -0.15) is 5.26 Å². The van der Waals surface area contributed by atoms with Gasteiger partial charge in [0.05, 0.1) is 12.8 Å². The van der Waals surface area contributed by atoms with E-state index < -0.39 is 17.8 Å². The molecule has 106 valence electrons. The fraction of sp³-hybridized carbons (Fsp3) is 0.125. The maximum atomic E-state index is 13.6. The number of ether oxygens (including phenoxy) is 1. The normalized spacial score (nSPS) is 11.3. The Hall–Kier alpha value is -2.87. The topological polar surface area (TPSA) is 62.1 Å². The number of carbonyl (C=O) groups excluding carboxylic acids is 1. The zero-order valence-electron chi connectivity index (χ0n) is 11.3. The highest BCUT2D eigenvalue weighted by molar-refractivity contribution is 5.81. The van der Waals surface area contributed by atoms with E-state index in [0.717, 1.165) is 0 Å². The zero-order valence-corrected chi connectivity index (χ0v) is 11.3. The Morgan fingerprint density at radius 3 is 2.57 bits per heavy atom. The summed E-state index contributed by atoms with van der Waals surface area (Å²) in [5.74, 6) is -1.16. The molecule has 0 spiro atoms. The van der Waals surface area contributed by atoms with Crippen LogP contribution < -0.4 is 5.32 Å². The van der Waals surface area contributed by atoms with E-state index in [1.807, 2.05) is 6.07 Å². The van der Waals surface area contributed by atoms with Gasteiger partial charge >= 0.3 is 5.97 Å². The molecule has 1 atom stereocenters. The van der Waals surface area contributed by atoms with Crippen LogP contribution in [0.2, 0.25) is 0 Å². The Morgan fingerprint density at radius 1 is 1.24 bits per heavy atom. The highest BCUT2D eigenvalue weighted by Crippen LogP contribution is 2.24. The van der Waals surface area contributed by atoms with Gasteiger partial charge in [0.2, 0.25) is 0 Å². The Morgan fingerprint density at radius 2 is 1.95 bits per heavy atom. The third kappa shape index (κ3) is 3.18. The molecule has 2 rings (SSSR count). The van der Waals surface area contributed by atoms with E-state index in [1.165, 1.54) is 19.2 Å². The van der Waals surface area contributed by atoms with Crippen LogP contribution in [-0.2, 0) is 9.53 Å². The van der Waals surface area contributed by atoms with Crippen molar-refractivity contribution in [2.24, 2.45) is 0 Å². The Labute approximate surface area is 121 Å². The number of benzene rings is 2. The van der Waals surface area contributed by atoms with Crippen LogP contribution in [0.5, 0.6) is 0 Å². The number of anilines is 1. The largest absolute Gasteiger partial charge is 0.467 e. The number of nitriles is 1. The number of hydrogen-bond donors (Lipinski definition) is 1. The summed E-state index contributed by atoms with van der Waals surface area (Å²) in [6.45, 7) is 0. The van der Waals surface area contributed by atoms with Gasteiger partial charge in [-0.25, -0.2) is 9.18 Å². The van der Waals surface area contributed by atoms with Gasteiger partial charge in [0.1, 0.15) is 17.4 Å². The lowest BCUT2D eigenvalue weighted by atomic mass is 10.1. The maximum Gasteiger partial charge on any atom is 0.332 e. The van der Waals surface area contributed by atoms with Gasteiger partial charge < -0.3 is 10.1 Å². The van der Waals surface area contributed by atoms with E-state index in [4.69, 9.17) is 10.00 Å². The van der Waals surface area contributed by atoms with Gasteiger partial charge in [-0.3, -0.25) is 0 Å². The first-order valence-corrected chi connectivity index (χ1v) is 6.25. The lowest BCUT2D eigenvalue weighted by Crippen LogP contribution is -2.22. The molecule has 0 aliphatic heterocycles. The van der Waals surface area contributed by atoms with Crippen molar-refractivity contribution < 1.29 is 13.9 Å². The van der Waals surface area contributed by atoms with Crippen LogP contribution in [0.4, 0.5) is 10.1 Å². The molecule has 0 heterocycles. The van der Waals surface area contributed by atoms with E-state index in [2.05, 4.69) is 5.32 Å². The van der Waals surface area contributed by atoms with Crippen LogP contribution in [0.1, 0.15) is 17.2 Å². The molecular formula is C16H13FN2O2. The van der Waals surface area contributed by atoms with E-state index >= 15 is 0 Å². The summed E-state index contributed by atoms with van der Waals surface area (Å²) in [6, 6.07) is 14.1. The number of rotatable bonds is 4. The number of methoxy groups -OCH3 is 1. The Kier molecular flexibility index (Phi) is 4.52. The van der Waals surface area contributed by atoms with Crippen molar-refractivity contribution in [3.63, 3.8) is 0 Å². The van der Waals surface area contributed by atoms with Crippen molar-refractivity contribution in [3.05, 3.63) is 65.5 Å². The summed E-state index contributed by atoms with van der Waals surface area (Å²) < 4.78 is 18.4. The molecule has 1 N–H and O–H groups in total. The molecule has 21 heavy (non-hydrogen) atoms. The molecule has 1 unspecified atom stereocenters. The number of halogens is 1. The van der Waals surface area contributed by atoms with Crippen molar-refractivity contribution in [1.29, 1.82) is 5.26 Å². The lowest BCUT2D eigenvalue weighted by molar-refractivity contribution is -0.141. The number of nitrogens with zero attached hydrogens (tertiary/aromatic N) is 1. The fourth-order valence-electron chi connectivity index (χ4n) is 1.96. The predicted octanol–water partition coefficient (Wildman–Crippen LogP) is 3.02. The second-order valence-electron chi connectivity index (χ2n) is 4.29. The van der Waals surface area contributed by atoms with Crippen LogP contribution in [-0.4, -0.2) is 13.1 Å². The minimum Gasteiger partial charge on any atom is -0.467 e. The number of hydrogen-bond acceptors (Lipinski definition) is 4. The minimum absolute atomic E-state index is 0.137. The summed E-state index contributed by atoms with van der Waals surface area (Å²) in [7, 11) is 1.27. The summed E-state index contributed by atoms with van der Waals surface area (Å²) in [5.41, 5.74) is 0.775. The Bertz CT molecular complexity index is 680. The van der Waals surface area contributed by atoms with Crippen LogP contribution in [0.3, 0.4) is 0 Å². The van der Waals surface area contributed by atoms with E-state index in [9.17, 15) is 9.18 Å². The molecule has 4 nitrogen and oxygen atoms in total. The van der Waals surface area contributed by atoms with Gasteiger partial charge in [0.15, 0.2) is 6.04 Å². The molecule has 0 fully saturated rings. The SMILES string of the molecule is COC(=O)C(Nc1cccc(F)c1C#N)c1ccccc1. The van der Waals surface area contributed by atoms with Crippen molar-refractivity contribution in [2.75, 3.05) is 12.4 Å². The third-order valence-electron chi connectivity index (χ3n) is 3.00. The molecule has 2 aromatic carbocycles. The first-order valence-electron chi connectivity index (χ1n) is 6.25. The molecule has 2 aromatic rings. The van der Waals surface area contributed by atoms with Crippen LogP contribution in [0.25, 0.3) is 0 Å². The van der Waals surface area contributed by atoms with Crippen molar-refractivity contribution in [2.45, 2.75) is 6.04 Å². The first-order chi connectivity index (χ1) is 10.2. The summed E-state index contributed by atoms with van der Waals surface area (Å²) in [4.78, 5) is 11.9. The van der Waals surface area contributed by atoms with Crippen molar-refractivity contribution >= 4 is 11.7 Å². The molecule has 0 aliphatic carbocycles. The lowest BCUT2D eigenvalue weighted by Gasteiger charge is -2.18. The average Bonchev–Trinajstić information content (AvgIpc) is 2.53. The van der Waals surface area contributed by atoms with Gasteiger partial charge in [-0.1, -0.05) is 36.4 Å². The minimum atomic E-state index is -0.815. The number of nitrogens with one attached hydrogen (secondary N) is 1. The summed E-state index contributed by atoms with van der Waals surface area (Å²) in [6.07, 6.45) is 0. The summed E-state index contributed by atoms with van der Waals surface area (Å²) >= 11 is 0. The number of esters is 1. The molecule has 5 heteroatoms. The quantitative estimate of drug-likeness (QED) is 0.877. The van der Waals surface area contributed by atoms with Crippen molar-refractivity contribution in [3.8, 4) is 6.07 Å². The number of carbonyl (C=O) groups is 1. The molecule has 0 aromatic heterocycles. The average molecular weight is 284 g/mol. The molecule has 0 amide bonds. The molecule has 0 saturated heterocycles. The predicted molar refractivity (Wildman–Crippen MR) is 75.9 cm³/mol. The van der Waals surface area contributed by atoms with Crippen LogP contribution in [0.15, 0.2) is 48.5 Å². The van der Waals surface area contributed by atoms with Gasteiger partial charge in [0, 0.05) is 0 Å². The van der Waals surface area contributed by atoms with Gasteiger partial charge in [-0.05, 0) is 17.7 Å². The van der Waals surface area contributed by atoms with Crippen molar-refractivity contribution in [1.82, 2.24) is 0 Å². The standard InChI is InChI=1S/C16H13FN2O2/c1-21-16(20)15(11-6-3-2-4-7-11)19-14-9-5-8-13(17)12(14)10-18/h2-9,15,19H,1H3.